The Morgan fingerprint density at radius 3 is 1.63 bits per heavy atom. The van der Waals surface area contributed by atoms with E-state index in [4.69, 9.17) is 45.5 Å². The Bertz CT molecular complexity index is 3620. The summed E-state index contributed by atoms with van der Waals surface area (Å²) in [6.07, 6.45) is 11.5. The number of H-pyrrole nitrogens is 2. The molecule has 0 amide bonds. The molecule has 2 atom stereocenters. The van der Waals surface area contributed by atoms with E-state index in [0.717, 1.165) is 0 Å². The van der Waals surface area contributed by atoms with E-state index in [1.165, 1.54) is 34.4 Å². The van der Waals surface area contributed by atoms with E-state index in [9.17, 15) is 19.2 Å². The summed E-state index contributed by atoms with van der Waals surface area (Å²) in [5.41, 5.74) is 7.39. The Morgan fingerprint density at radius 1 is 0.600 bits per heavy atom. The maximum Gasteiger partial charge on any atom is 0.267 e. The van der Waals surface area contributed by atoms with Crippen molar-refractivity contribution in [3.8, 4) is 11.4 Å². The molecule has 0 aliphatic rings. The molecule has 0 spiro atoms. The molecule has 324 valence electrons. The average molecular weight is 930 g/mol. The van der Waals surface area contributed by atoms with Crippen LogP contribution in [0.4, 0.5) is 5.82 Å². The van der Waals surface area contributed by atoms with Crippen LogP contribution in [0, 0.1) is 0 Å². The minimum Gasteiger partial charge on any atom is -0.360 e. The Morgan fingerprint density at radius 2 is 1.11 bits per heavy atom. The normalized spacial score (nSPS) is 12.0. The molecule has 20 nitrogen and oxygen atoms in total. The monoisotopic (exact) mass is 928 g/mol. The lowest BCUT2D eigenvalue weighted by atomic mass is 10.2. The van der Waals surface area contributed by atoms with Crippen molar-refractivity contribution in [2.45, 2.75) is 25.9 Å². The fourth-order valence-electron chi connectivity index (χ4n) is 6.64. The molecule has 0 saturated heterocycles. The number of nitrogens with two attached hydrogens (primary N) is 1. The van der Waals surface area contributed by atoms with E-state index in [1.54, 1.807) is 92.4 Å². The van der Waals surface area contributed by atoms with Gasteiger partial charge in [-0.2, -0.15) is 0 Å². The molecule has 10 rings (SSSR count). The summed E-state index contributed by atoms with van der Waals surface area (Å²) in [4.78, 5) is 95.7. The number of benzene rings is 2. The Balaban J connectivity index is 0.000000149. The van der Waals surface area contributed by atoms with Crippen molar-refractivity contribution < 1.29 is 0 Å². The number of pyridine rings is 2. The first-order valence-corrected chi connectivity index (χ1v) is 20.3. The van der Waals surface area contributed by atoms with Crippen LogP contribution in [-0.4, -0.2) is 68.9 Å². The lowest BCUT2D eigenvalue weighted by molar-refractivity contribution is 0.695. The minimum atomic E-state index is -0.538. The summed E-state index contributed by atoms with van der Waals surface area (Å²) in [6, 6.07) is 16.4. The third-order valence-corrected chi connectivity index (χ3v) is 10.4. The number of aromatic nitrogens is 14. The van der Waals surface area contributed by atoms with Gasteiger partial charge in [0.25, 0.3) is 22.2 Å². The first-order chi connectivity index (χ1) is 31.4. The SMILES string of the molecule is CC(N)c1nc2cccc(Cl)c2c(=O)n1-c1cccnc1.CC(Nc1ncnc2nc[nH]c(=O)c12)c1nc2cccc(Cl)c2c(=O)n1-c1cccnc1.O=c1[nH]cnc2ncnc(Cl)c12. The number of aromatic amines is 2. The summed E-state index contributed by atoms with van der Waals surface area (Å²) < 4.78 is 2.91. The van der Waals surface area contributed by atoms with E-state index >= 15 is 0 Å². The van der Waals surface area contributed by atoms with Crippen LogP contribution >= 0.6 is 34.8 Å². The molecule has 8 aromatic heterocycles. The highest BCUT2D eigenvalue weighted by Gasteiger charge is 2.22. The van der Waals surface area contributed by atoms with E-state index in [-0.39, 0.29) is 49.6 Å². The Kier molecular flexibility index (Phi) is 12.7. The zero-order valence-electron chi connectivity index (χ0n) is 33.8. The van der Waals surface area contributed by atoms with Crippen molar-refractivity contribution >= 4 is 84.5 Å². The molecule has 0 aliphatic carbocycles. The van der Waals surface area contributed by atoms with Gasteiger partial charge in [0.15, 0.2) is 11.3 Å². The molecule has 0 aliphatic heterocycles. The number of hydrogen-bond donors (Lipinski definition) is 4. The maximum atomic E-state index is 13.5. The van der Waals surface area contributed by atoms with Crippen molar-refractivity contribution in [3.05, 3.63) is 179 Å². The van der Waals surface area contributed by atoms with Crippen molar-refractivity contribution in [3.63, 3.8) is 0 Å². The molecule has 23 heteroatoms. The zero-order valence-corrected chi connectivity index (χ0v) is 36.0. The second-order valence-corrected chi connectivity index (χ2v) is 15.0. The summed E-state index contributed by atoms with van der Waals surface area (Å²) in [5, 5.41) is 5.10. The van der Waals surface area contributed by atoms with Gasteiger partial charge in [0.2, 0.25) is 0 Å². The van der Waals surface area contributed by atoms with E-state index in [2.05, 4.69) is 60.1 Å². The van der Waals surface area contributed by atoms with Gasteiger partial charge in [-0.1, -0.05) is 46.9 Å². The number of halogens is 3. The largest absolute Gasteiger partial charge is 0.360 e. The van der Waals surface area contributed by atoms with Gasteiger partial charge in [-0.25, -0.2) is 39.9 Å². The highest BCUT2D eigenvalue weighted by Crippen LogP contribution is 2.26. The predicted octanol–water partition coefficient (Wildman–Crippen LogP) is 5.45. The second kappa shape index (κ2) is 18.8. The third kappa shape index (κ3) is 8.86. The molecule has 2 unspecified atom stereocenters. The molecular weight excluding hydrogens is 899 g/mol. The van der Waals surface area contributed by atoms with Gasteiger partial charge in [-0.05, 0) is 62.4 Å². The quantitative estimate of drug-likeness (QED) is 0.151. The van der Waals surface area contributed by atoms with Crippen LogP contribution in [-0.2, 0) is 0 Å². The van der Waals surface area contributed by atoms with Crippen LogP contribution in [0.3, 0.4) is 0 Å². The number of fused-ring (bicyclic) bond motifs is 4. The van der Waals surface area contributed by atoms with Gasteiger partial charge in [0.05, 0.1) is 80.4 Å². The number of anilines is 1. The predicted molar refractivity (Wildman–Crippen MR) is 246 cm³/mol. The van der Waals surface area contributed by atoms with Crippen LogP contribution < -0.4 is 33.3 Å². The number of nitrogens with zero attached hydrogens (tertiary/aromatic N) is 12. The van der Waals surface area contributed by atoms with Crippen LogP contribution in [0.5, 0.6) is 0 Å². The molecule has 0 fully saturated rings. The maximum absolute atomic E-state index is 13.5. The van der Waals surface area contributed by atoms with Gasteiger partial charge in [-0.3, -0.25) is 38.3 Å². The highest BCUT2D eigenvalue weighted by molar-refractivity contribution is 6.35. The van der Waals surface area contributed by atoms with Crippen LogP contribution in [0.2, 0.25) is 15.2 Å². The molecule has 10 aromatic rings. The van der Waals surface area contributed by atoms with Gasteiger partial charge < -0.3 is 21.0 Å². The van der Waals surface area contributed by atoms with Crippen molar-refractivity contribution in [1.29, 1.82) is 0 Å². The van der Waals surface area contributed by atoms with Crippen molar-refractivity contribution in [2.75, 3.05) is 5.32 Å². The highest BCUT2D eigenvalue weighted by atomic mass is 35.5. The molecule has 65 heavy (non-hydrogen) atoms. The average Bonchev–Trinajstić information content (AvgIpc) is 3.30. The fourth-order valence-corrected chi connectivity index (χ4v) is 7.36. The molecule has 2 aromatic carbocycles. The van der Waals surface area contributed by atoms with Crippen LogP contribution in [0.25, 0.3) is 55.2 Å². The summed E-state index contributed by atoms with van der Waals surface area (Å²) >= 11 is 18.1. The van der Waals surface area contributed by atoms with Gasteiger partial charge >= 0.3 is 0 Å². The Labute approximate surface area is 379 Å². The molecular formula is C42H31Cl3N16O4. The second-order valence-electron chi connectivity index (χ2n) is 13.8. The molecule has 0 saturated carbocycles. The lowest BCUT2D eigenvalue weighted by Crippen LogP contribution is -2.28. The molecule has 0 bridgehead atoms. The third-order valence-electron chi connectivity index (χ3n) is 9.53. The van der Waals surface area contributed by atoms with E-state index in [0.29, 0.717) is 60.5 Å². The summed E-state index contributed by atoms with van der Waals surface area (Å²) in [6.45, 7) is 3.59. The number of rotatable bonds is 6. The van der Waals surface area contributed by atoms with E-state index < -0.39 is 12.1 Å². The number of hydrogen-bond acceptors (Lipinski definition) is 16. The molecule has 5 N–H and O–H groups in total. The topological polar surface area (TPSA) is 277 Å². The fraction of sp³-hybridized carbons (Fsp3) is 0.0952. The van der Waals surface area contributed by atoms with E-state index in [1.807, 2.05) is 6.92 Å². The van der Waals surface area contributed by atoms with Crippen molar-refractivity contribution in [2.24, 2.45) is 5.73 Å². The smallest absolute Gasteiger partial charge is 0.267 e. The standard InChI is InChI=1S/C21H15ClN8O2.C15H13ClN4O.C6H3ClN4O/c1-11(28-18-16-17(24-9-26-18)25-10-27-20(16)31)19-29-14-6-2-5-13(22)15(14)21(32)30(19)12-4-3-7-23-8-12;1-9(17)14-19-12-6-2-5-11(16)13(12)15(21)20(14)10-4-3-7-18-8-10;7-4-3-5(9-1-8-4)10-2-11-6(3)12/h2-11H,1H3,(H2,24,25,26,27,28,31);2-9H,17H2,1H3;1-2H,(H,8,9,10,11,12). The van der Waals surface area contributed by atoms with Gasteiger partial charge in [0, 0.05) is 12.4 Å². The van der Waals surface area contributed by atoms with Gasteiger partial charge in [-0.15, -0.1) is 0 Å². The first kappa shape index (κ1) is 43.7. The Hall–Kier alpha value is -7.91. The molecule has 0 radical (unpaired) electrons. The van der Waals surface area contributed by atoms with Gasteiger partial charge in [0.1, 0.15) is 46.0 Å². The zero-order chi connectivity index (χ0) is 45.8. The minimum absolute atomic E-state index is 0.120. The van der Waals surface area contributed by atoms with Crippen molar-refractivity contribution in [1.82, 2.24) is 68.9 Å². The lowest BCUT2D eigenvalue weighted by Gasteiger charge is -2.20. The molecule has 8 heterocycles. The first-order valence-electron chi connectivity index (χ1n) is 19.2. The number of nitrogens with one attached hydrogen (secondary N) is 3. The summed E-state index contributed by atoms with van der Waals surface area (Å²) in [7, 11) is 0. The van der Waals surface area contributed by atoms with Crippen LogP contribution in [0.15, 0.2) is 130 Å². The van der Waals surface area contributed by atoms with Crippen LogP contribution in [0.1, 0.15) is 37.6 Å². The summed E-state index contributed by atoms with van der Waals surface area (Å²) in [5.74, 6) is 1.14.